The number of alkyl halides is 2. The van der Waals surface area contributed by atoms with Crippen LogP contribution in [0.3, 0.4) is 0 Å². The van der Waals surface area contributed by atoms with E-state index in [9.17, 15) is 13.6 Å². The number of amides is 1. The van der Waals surface area contributed by atoms with E-state index in [2.05, 4.69) is 10.3 Å². The van der Waals surface area contributed by atoms with Gasteiger partial charge in [-0.15, -0.1) is 0 Å². The molecule has 0 fully saturated rings. The molecular weight excluding hydrogens is 360 g/mol. The number of carbonyl (C=O) groups is 1. The van der Waals surface area contributed by atoms with E-state index in [0.717, 1.165) is 10.1 Å². The lowest BCUT2D eigenvalue weighted by Crippen LogP contribution is -2.26. The van der Waals surface area contributed by atoms with Gasteiger partial charge in [0.1, 0.15) is 5.82 Å². The van der Waals surface area contributed by atoms with Gasteiger partial charge >= 0.3 is 6.55 Å². The molecule has 0 unspecified atom stereocenters. The zero-order chi connectivity index (χ0) is 19.8. The molecule has 0 radical (unpaired) electrons. The molecule has 1 N–H and O–H groups in total. The zero-order valence-corrected chi connectivity index (χ0v) is 15.5. The van der Waals surface area contributed by atoms with Gasteiger partial charge in [-0.3, -0.25) is 9.36 Å². The van der Waals surface area contributed by atoms with E-state index < -0.39 is 6.55 Å². The van der Waals surface area contributed by atoms with Crippen LogP contribution in [0.25, 0.3) is 0 Å². The summed E-state index contributed by atoms with van der Waals surface area (Å²) in [4.78, 5) is 15.9. The molecule has 1 heterocycles. The average Bonchev–Trinajstić information content (AvgIpc) is 3.14. The summed E-state index contributed by atoms with van der Waals surface area (Å²) in [6.07, 6.45) is 3.40. The lowest BCUT2D eigenvalue weighted by atomic mass is 10.1. The van der Waals surface area contributed by atoms with Crippen molar-refractivity contribution in [2.45, 2.75) is 25.8 Å². The number of hydrogen-bond donors (Lipinski definition) is 1. The number of imidazole rings is 1. The second-order valence-electron chi connectivity index (χ2n) is 5.62. The number of hydrogen-bond acceptors (Lipinski definition) is 5. The number of carbonyl (C=O) groups excluding carboxylic acids is 1. The summed E-state index contributed by atoms with van der Waals surface area (Å²) in [7, 11) is 4.57. The molecular formula is C18H23F2N3O4. The molecule has 0 aliphatic rings. The third kappa shape index (κ3) is 5.08. The predicted molar refractivity (Wildman–Crippen MR) is 94.6 cm³/mol. The molecule has 1 amide bonds. The third-order valence-electron chi connectivity index (χ3n) is 4.04. The van der Waals surface area contributed by atoms with Crippen molar-refractivity contribution in [3.63, 3.8) is 0 Å². The van der Waals surface area contributed by atoms with Crippen molar-refractivity contribution in [1.82, 2.24) is 14.9 Å². The highest BCUT2D eigenvalue weighted by atomic mass is 19.3. The Morgan fingerprint density at radius 3 is 2.52 bits per heavy atom. The molecule has 0 atom stereocenters. The van der Waals surface area contributed by atoms with Crippen molar-refractivity contribution in [3.05, 3.63) is 35.9 Å². The van der Waals surface area contributed by atoms with Gasteiger partial charge in [0.25, 0.3) is 0 Å². The van der Waals surface area contributed by atoms with Gasteiger partial charge in [-0.2, -0.15) is 8.78 Å². The maximum absolute atomic E-state index is 12.7. The summed E-state index contributed by atoms with van der Waals surface area (Å²) in [6.45, 7) is -2.42. The molecule has 2 aromatic rings. The first-order valence-electron chi connectivity index (χ1n) is 8.36. The van der Waals surface area contributed by atoms with Crippen LogP contribution in [0.1, 0.15) is 24.4 Å². The van der Waals surface area contributed by atoms with Crippen molar-refractivity contribution < 1.29 is 27.8 Å². The van der Waals surface area contributed by atoms with Crippen molar-refractivity contribution in [2.75, 3.05) is 27.9 Å². The third-order valence-corrected chi connectivity index (χ3v) is 4.04. The number of ether oxygens (including phenoxy) is 3. The van der Waals surface area contributed by atoms with Gasteiger partial charge in [0.05, 0.1) is 21.3 Å². The van der Waals surface area contributed by atoms with Crippen LogP contribution in [0.4, 0.5) is 8.78 Å². The summed E-state index contributed by atoms with van der Waals surface area (Å²) in [5.41, 5.74) is 0.804. The molecule has 1 aromatic heterocycles. The first-order chi connectivity index (χ1) is 13.0. The summed E-state index contributed by atoms with van der Waals surface area (Å²) < 4.78 is 42.2. The van der Waals surface area contributed by atoms with Crippen LogP contribution in [0.2, 0.25) is 0 Å². The van der Waals surface area contributed by atoms with Crippen LogP contribution in [-0.4, -0.2) is 43.3 Å². The fourth-order valence-electron chi connectivity index (χ4n) is 2.73. The Kier molecular flexibility index (Phi) is 7.39. The van der Waals surface area contributed by atoms with E-state index in [4.69, 9.17) is 14.2 Å². The lowest BCUT2D eigenvalue weighted by Gasteiger charge is -2.15. The van der Waals surface area contributed by atoms with Crippen molar-refractivity contribution in [1.29, 1.82) is 0 Å². The van der Waals surface area contributed by atoms with Gasteiger partial charge in [0, 0.05) is 31.8 Å². The molecule has 1 aromatic carbocycles. The Morgan fingerprint density at radius 1 is 1.15 bits per heavy atom. The van der Waals surface area contributed by atoms with Crippen LogP contribution < -0.4 is 19.5 Å². The maximum atomic E-state index is 12.7. The monoisotopic (exact) mass is 383 g/mol. The summed E-state index contributed by atoms with van der Waals surface area (Å²) >= 11 is 0. The molecule has 7 nitrogen and oxygen atoms in total. The molecule has 0 aliphatic heterocycles. The maximum Gasteiger partial charge on any atom is 0.319 e. The van der Waals surface area contributed by atoms with Crippen LogP contribution >= 0.6 is 0 Å². The number of nitrogens with zero attached hydrogens (tertiary/aromatic N) is 2. The van der Waals surface area contributed by atoms with Crippen molar-refractivity contribution >= 4 is 5.91 Å². The second-order valence-corrected chi connectivity index (χ2v) is 5.62. The lowest BCUT2D eigenvalue weighted by molar-refractivity contribution is -0.121. The van der Waals surface area contributed by atoms with Crippen molar-refractivity contribution in [2.24, 2.45) is 0 Å². The van der Waals surface area contributed by atoms with Gasteiger partial charge in [-0.1, -0.05) is 6.07 Å². The number of methoxy groups -OCH3 is 3. The molecule has 0 spiro atoms. The van der Waals surface area contributed by atoms with Gasteiger partial charge in [-0.05, 0) is 18.1 Å². The minimum atomic E-state index is -2.64. The molecule has 148 valence electrons. The molecule has 0 bridgehead atoms. The number of rotatable bonds is 10. The molecule has 0 saturated carbocycles. The van der Waals surface area contributed by atoms with E-state index in [0.29, 0.717) is 23.7 Å². The van der Waals surface area contributed by atoms with Crippen LogP contribution in [-0.2, 0) is 17.6 Å². The van der Waals surface area contributed by atoms with Crippen LogP contribution in [0, 0.1) is 0 Å². The smallest absolute Gasteiger partial charge is 0.319 e. The fourth-order valence-corrected chi connectivity index (χ4v) is 2.73. The van der Waals surface area contributed by atoms with E-state index in [-0.39, 0.29) is 31.1 Å². The number of aryl methyl sites for hydroxylation is 1. The Balaban J connectivity index is 1.89. The molecule has 2 rings (SSSR count). The van der Waals surface area contributed by atoms with Gasteiger partial charge in [0.15, 0.2) is 11.5 Å². The highest BCUT2D eigenvalue weighted by molar-refractivity contribution is 5.76. The quantitative estimate of drug-likeness (QED) is 0.683. The number of nitrogens with one attached hydrogen (secondary N) is 1. The number of aromatic nitrogens is 2. The van der Waals surface area contributed by atoms with Gasteiger partial charge in [-0.25, -0.2) is 4.98 Å². The number of benzene rings is 1. The highest BCUT2D eigenvalue weighted by Gasteiger charge is 2.16. The van der Waals surface area contributed by atoms with Crippen LogP contribution in [0.15, 0.2) is 24.5 Å². The molecule has 0 aliphatic carbocycles. The Morgan fingerprint density at radius 2 is 1.89 bits per heavy atom. The average molecular weight is 383 g/mol. The topological polar surface area (TPSA) is 74.6 Å². The Bertz CT molecular complexity index is 765. The highest BCUT2D eigenvalue weighted by Crippen LogP contribution is 2.40. The van der Waals surface area contributed by atoms with E-state index in [1.807, 2.05) is 6.07 Å². The summed E-state index contributed by atoms with van der Waals surface area (Å²) in [6, 6.07) is 3.56. The van der Waals surface area contributed by atoms with Crippen molar-refractivity contribution in [3.8, 4) is 17.2 Å². The van der Waals surface area contributed by atoms with E-state index >= 15 is 0 Å². The largest absolute Gasteiger partial charge is 0.493 e. The summed E-state index contributed by atoms with van der Waals surface area (Å²) in [5, 5.41) is 2.71. The van der Waals surface area contributed by atoms with E-state index in [1.54, 1.807) is 6.07 Å². The Labute approximate surface area is 156 Å². The second kappa shape index (κ2) is 9.75. The number of halogens is 2. The normalized spacial score (nSPS) is 10.7. The standard InChI is InChI=1S/C18H23F2N3O4/c1-25-13-6-4-12(16(26-2)17(13)27-3)5-7-15(24)22-9-8-14-21-10-11-23(14)18(19)20/h4,6,10-11,18H,5,7-9H2,1-3H3,(H,22,24). The Hall–Kier alpha value is -2.84. The summed E-state index contributed by atoms with van der Waals surface area (Å²) in [5.74, 6) is 1.56. The predicted octanol–water partition coefficient (Wildman–Crippen LogP) is 2.60. The van der Waals surface area contributed by atoms with Gasteiger partial charge in [0.2, 0.25) is 11.7 Å². The van der Waals surface area contributed by atoms with Crippen LogP contribution in [0.5, 0.6) is 17.2 Å². The molecule has 27 heavy (non-hydrogen) atoms. The van der Waals surface area contributed by atoms with E-state index in [1.165, 1.54) is 33.7 Å². The molecule has 0 saturated heterocycles. The SMILES string of the molecule is COc1ccc(CCC(=O)NCCc2nccn2C(F)F)c(OC)c1OC. The molecule has 9 heteroatoms. The van der Waals surface area contributed by atoms with Gasteiger partial charge < -0.3 is 19.5 Å². The first-order valence-corrected chi connectivity index (χ1v) is 8.36. The minimum Gasteiger partial charge on any atom is -0.493 e. The minimum absolute atomic E-state index is 0.193. The fraction of sp³-hybridized carbons (Fsp3) is 0.444. The zero-order valence-electron chi connectivity index (χ0n) is 15.5. The first kappa shape index (κ1) is 20.5.